The van der Waals surface area contributed by atoms with Crippen LogP contribution in [0.25, 0.3) is 0 Å². The van der Waals surface area contributed by atoms with Crippen LogP contribution in [-0.2, 0) is 16.0 Å². The summed E-state index contributed by atoms with van der Waals surface area (Å²) in [6.07, 6.45) is 1.98. The van der Waals surface area contributed by atoms with Gasteiger partial charge in [-0.25, -0.2) is 4.98 Å². The van der Waals surface area contributed by atoms with Crippen molar-refractivity contribution in [3.8, 4) is 5.75 Å². The molecule has 0 saturated carbocycles. The third-order valence-electron chi connectivity index (χ3n) is 2.71. The fourth-order valence-corrected chi connectivity index (χ4v) is 2.42. The normalized spacial score (nSPS) is 11.0. The van der Waals surface area contributed by atoms with Crippen molar-refractivity contribution < 1.29 is 14.3 Å². The van der Waals surface area contributed by atoms with Gasteiger partial charge >= 0.3 is 5.97 Å². The van der Waals surface area contributed by atoms with Crippen LogP contribution in [0.3, 0.4) is 0 Å². The summed E-state index contributed by atoms with van der Waals surface area (Å²) in [7, 11) is 1.36. The van der Waals surface area contributed by atoms with Gasteiger partial charge in [0.05, 0.1) is 31.5 Å². The highest BCUT2D eigenvalue weighted by Gasteiger charge is 2.07. The molecule has 0 saturated heterocycles. The van der Waals surface area contributed by atoms with Crippen molar-refractivity contribution in [3.05, 3.63) is 40.9 Å². The molecule has 0 bridgehead atoms. The molecule has 0 fully saturated rings. The van der Waals surface area contributed by atoms with E-state index in [0.717, 1.165) is 11.3 Å². The van der Waals surface area contributed by atoms with Gasteiger partial charge in [-0.3, -0.25) is 10.2 Å². The number of anilines is 1. The van der Waals surface area contributed by atoms with Crippen molar-refractivity contribution >= 4 is 28.7 Å². The van der Waals surface area contributed by atoms with Crippen molar-refractivity contribution in [3.63, 3.8) is 0 Å². The summed E-state index contributed by atoms with van der Waals surface area (Å²) < 4.78 is 10.2. The average Bonchev–Trinajstić information content (AvgIpc) is 2.94. The Morgan fingerprint density at radius 3 is 3.04 bits per heavy atom. The molecule has 0 atom stereocenters. The lowest BCUT2D eigenvalue weighted by atomic mass is 10.2. The minimum absolute atomic E-state index is 0.129. The monoisotopic (exact) mass is 333 g/mol. The number of carbonyl (C=O) groups excluding carboxylic acids is 1. The first-order valence-electron chi connectivity index (χ1n) is 7.14. The van der Waals surface area contributed by atoms with Crippen molar-refractivity contribution in [2.75, 3.05) is 12.5 Å². The molecule has 0 unspecified atom stereocenters. The number of carbonyl (C=O) groups is 1. The number of benzene rings is 1. The van der Waals surface area contributed by atoms with E-state index >= 15 is 0 Å². The Morgan fingerprint density at radius 2 is 2.30 bits per heavy atom. The Balaban J connectivity index is 1.92. The molecular formula is C16H19N3O3S. The molecule has 0 radical (unpaired) electrons. The van der Waals surface area contributed by atoms with Crippen LogP contribution in [0, 0.1) is 0 Å². The van der Waals surface area contributed by atoms with Crippen LogP contribution in [-0.4, -0.2) is 30.4 Å². The lowest BCUT2D eigenvalue weighted by Gasteiger charge is -2.09. The van der Waals surface area contributed by atoms with Crippen LogP contribution >= 0.6 is 11.3 Å². The predicted molar refractivity (Wildman–Crippen MR) is 91.3 cm³/mol. The smallest absolute Gasteiger partial charge is 0.311 e. The van der Waals surface area contributed by atoms with Crippen LogP contribution in [0.15, 0.2) is 34.7 Å². The molecule has 0 spiro atoms. The van der Waals surface area contributed by atoms with Gasteiger partial charge < -0.3 is 9.47 Å². The third kappa shape index (κ3) is 5.71. The zero-order valence-electron chi connectivity index (χ0n) is 13.3. The fourth-order valence-electron chi connectivity index (χ4n) is 1.76. The number of thiazole rings is 1. The van der Waals surface area contributed by atoms with Crippen molar-refractivity contribution in [2.24, 2.45) is 5.10 Å². The van der Waals surface area contributed by atoms with Gasteiger partial charge in [0.2, 0.25) is 5.13 Å². The molecule has 122 valence electrons. The molecule has 1 heterocycles. The van der Waals surface area contributed by atoms with Crippen LogP contribution in [0.1, 0.15) is 25.1 Å². The number of nitrogens with one attached hydrogen (secondary N) is 1. The largest absolute Gasteiger partial charge is 0.491 e. The molecule has 1 N–H and O–H groups in total. The molecule has 7 heteroatoms. The third-order valence-corrected chi connectivity index (χ3v) is 3.50. The van der Waals surface area contributed by atoms with Crippen LogP contribution in [0.2, 0.25) is 0 Å². The van der Waals surface area contributed by atoms with Gasteiger partial charge in [0, 0.05) is 5.38 Å². The number of hydrogen-bond acceptors (Lipinski definition) is 7. The molecule has 6 nitrogen and oxygen atoms in total. The lowest BCUT2D eigenvalue weighted by molar-refractivity contribution is -0.139. The number of esters is 1. The molecule has 0 aliphatic rings. The first-order chi connectivity index (χ1) is 11.1. The van der Waals surface area contributed by atoms with E-state index in [1.807, 2.05) is 38.1 Å². The second kappa shape index (κ2) is 8.28. The number of hydrogen-bond donors (Lipinski definition) is 1. The number of methoxy groups -OCH3 is 1. The first kappa shape index (κ1) is 17.0. The summed E-state index contributed by atoms with van der Waals surface area (Å²) in [6, 6.07) is 7.67. The second-order valence-corrected chi connectivity index (χ2v) is 5.86. The van der Waals surface area contributed by atoms with Gasteiger partial charge in [0.1, 0.15) is 5.75 Å². The summed E-state index contributed by atoms with van der Waals surface area (Å²) in [5.74, 6) is 0.492. The van der Waals surface area contributed by atoms with E-state index in [1.54, 1.807) is 11.6 Å². The summed E-state index contributed by atoms with van der Waals surface area (Å²) in [4.78, 5) is 15.4. The van der Waals surface area contributed by atoms with E-state index in [4.69, 9.17) is 4.74 Å². The molecule has 1 aromatic heterocycles. The Labute approximate surface area is 139 Å². The summed E-state index contributed by atoms with van der Waals surface area (Å²) in [5.41, 5.74) is 4.43. The van der Waals surface area contributed by atoms with Crippen molar-refractivity contribution in [1.82, 2.24) is 4.98 Å². The minimum Gasteiger partial charge on any atom is -0.491 e. The summed E-state index contributed by atoms with van der Waals surface area (Å²) in [5, 5.41) is 6.56. The fraction of sp³-hybridized carbons (Fsp3) is 0.312. The van der Waals surface area contributed by atoms with E-state index in [2.05, 4.69) is 20.2 Å². The standard InChI is InChI=1S/C16H19N3O3S/c1-11(2)22-14-6-4-5-12(7-14)9-17-19-16-18-13(10-23-16)8-15(20)21-3/h4-7,9-11H,8H2,1-3H3,(H,18,19)/b17-9-. The maximum absolute atomic E-state index is 11.2. The molecule has 0 aliphatic heterocycles. The first-order valence-corrected chi connectivity index (χ1v) is 8.02. The van der Waals surface area contributed by atoms with E-state index in [9.17, 15) is 4.79 Å². The van der Waals surface area contributed by atoms with Crippen molar-refractivity contribution in [1.29, 1.82) is 0 Å². The average molecular weight is 333 g/mol. The topological polar surface area (TPSA) is 72.8 Å². The number of hydrazone groups is 1. The molecule has 0 amide bonds. The Bertz CT molecular complexity index is 683. The Morgan fingerprint density at radius 1 is 1.48 bits per heavy atom. The SMILES string of the molecule is COC(=O)Cc1csc(N/N=C\c2cccc(OC(C)C)c2)n1. The number of ether oxygens (including phenoxy) is 2. The second-order valence-electron chi connectivity index (χ2n) is 5.01. The molecular weight excluding hydrogens is 314 g/mol. The Kier molecular flexibility index (Phi) is 6.10. The van der Waals surface area contributed by atoms with Gasteiger partial charge in [-0.1, -0.05) is 12.1 Å². The summed E-state index contributed by atoms with van der Waals surface area (Å²) in [6.45, 7) is 3.97. The summed E-state index contributed by atoms with van der Waals surface area (Å²) >= 11 is 1.38. The molecule has 23 heavy (non-hydrogen) atoms. The minimum atomic E-state index is -0.313. The Hall–Kier alpha value is -2.41. The van der Waals surface area contributed by atoms with Gasteiger partial charge in [0.25, 0.3) is 0 Å². The van der Waals surface area contributed by atoms with Gasteiger partial charge in [-0.05, 0) is 31.5 Å². The van der Waals surface area contributed by atoms with Crippen LogP contribution in [0.4, 0.5) is 5.13 Å². The van der Waals surface area contributed by atoms with Gasteiger partial charge in [-0.2, -0.15) is 5.10 Å². The zero-order chi connectivity index (χ0) is 16.7. The van der Waals surface area contributed by atoms with E-state index in [-0.39, 0.29) is 18.5 Å². The highest BCUT2D eigenvalue weighted by atomic mass is 32.1. The van der Waals surface area contributed by atoms with Crippen molar-refractivity contribution in [2.45, 2.75) is 26.4 Å². The molecule has 1 aromatic carbocycles. The van der Waals surface area contributed by atoms with E-state index in [1.165, 1.54) is 18.4 Å². The number of rotatable bonds is 7. The number of nitrogens with zero attached hydrogens (tertiary/aromatic N) is 2. The van der Waals surface area contributed by atoms with Crippen LogP contribution < -0.4 is 10.2 Å². The maximum Gasteiger partial charge on any atom is 0.311 e. The highest BCUT2D eigenvalue weighted by molar-refractivity contribution is 7.13. The van der Waals surface area contributed by atoms with Gasteiger partial charge in [-0.15, -0.1) is 11.3 Å². The van der Waals surface area contributed by atoms with E-state index in [0.29, 0.717) is 10.8 Å². The molecule has 2 aromatic rings. The van der Waals surface area contributed by atoms with Crippen LogP contribution in [0.5, 0.6) is 5.75 Å². The molecule has 0 aliphatic carbocycles. The van der Waals surface area contributed by atoms with E-state index < -0.39 is 0 Å². The molecule has 2 rings (SSSR count). The maximum atomic E-state index is 11.2. The predicted octanol–water partition coefficient (Wildman–Crippen LogP) is 3.09. The zero-order valence-corrected chi connectivity index (χ0v) is 14.1. The highest BCUT2D eigenvalue weighted by Crippen LogP contribution is 2.16. The number of aromatic nitrogens is 1. The quantitative estimate of drug-likeness (QED) is 0.479. The lowest BCUT2D eigenvalue weighted by Crippen LogP contribution is -2.05. The van der Waals surface area contributed by atoms with Gasteiger partial charge in [0.15, 0.2) is 0 Å².